The van der Waals surface area contributed by atoms with Crippen LogP contribution in [0.25, 0.3) is 0 Å². The quantitative estimate of drug-likeness (QED) is 0.782. The smallest absolute Gasteiger partial charge is 0.326 e. The predicted molar refractivity (Wildman–Crippen MR) is 78.2 cm³/mol. The number of alkyl halides is 3. The summed E-state index contributed by atoms with van der Waals surface area (Å²) >= 11 is 0. The molecule has 7 heteroatoms. The lowest BCUT2D eigenvalue weighted by molar-refractivity contribution is -0.137. The Morgan fingerprint density at radius 2 is 2.14 bits per heavy atom. The Balaban J connectivity index is 1.99. The molecule has 0 radical (unpaired) electrons. The van der Waals surface area contributed by atoms with Gasteiger partial charge in [0.25, 0.3) is 0 Å². The summed E-state index contributed by atoms with van der Waals surface area (Å²) in [5, 5.41) is 5.75. The van der Waals surface area contributed by atoms with E-state index < -0.39 is 11.7 Å². The summed E-state index contributed by atoms with van der Waals surface area (Å²) in [5.41, 5.74) is 5.10. The molecule has 2 rings (SSSR count). The maximum atomic E-state index is 12.8. The highest BCUT2D eigenvalue weighted by atomic mass is 19.4. The number of nitrogens with two attached hydrogens (primary N) is 1. The van der Waals surface area contributed by atoms with Crippen LogP contribution in [-0.2, 0) is 17.5 Å². The minimum atomic E-state index is -4.46. The Morgan fingerprint density at radius 3 is 2.73 bits per heavy atom. The monoisotopic (exact) mass is 315 g/mol. The van der Waals surface area contributed by atoms with Gasteiger partial charge in [-0.15, -0.1) is 0 Å². The van der Waals surface area contributed by atoms with Crippen molar-refractivity contribution in [3.63, 3.8) is 0 Å². The molecule has 1 atom stereocenters. The molecule has 0 aliphatic carbocycles. The number of benzene rings is 1. The molecule has 0 bridgehead atoms. The fourth-order valence-corrected chi connectivity index (χ4v) is 2.57. The summed E-state index contributed by atoms with van der Waals surface area (Å²) < 4.78 is 38.4. The van der Waals surface area contributed by atoms with Crippen molar-refractivity contribution < 1.29 is 18.0 Å². The summed E-state index contributed by atoms with van der Waals surface area (Å²) in [6, 6.07) is 3.41. The van der Waals surface area contributed by atoms with Gasteiger partial charge in [-0.3, -0.25) is 4.79 Å². The van der Waals surface area contributed by atoms with E-state index in [0.29, 0.717) is 17.9 Å². The van der Waals surface area contributed by atoms with Crippen LogP contribution in [0.1, 0.15) is 30.4 Å². The van der Waals surface area contributed by atoms with Gasteiger partial charge >= 0.3 is 6.18 Å². The molecule has 122 valence electrons. The highest BCUT2D eigenvalue weighted by Crippen LogP contribution is 2.32. The minimum absolute atomic E-state index is 0.0134. The second-order valence-electron chi connectivity index (χ2n) is 5.57. The topological polar surface area (TPSA) is 67.1 Å². The highest BCUT2D eigenvalue weighted by Gasteiger charge is 2.31. The van der Waals surface area contributed by atoms with E-state index in [1.807, 2.05) is 0 Å². The third-order valence-electron chi connectivity index (χ3n) is 3.78. The van der Waals surface area contributed by atoms with Crippen molar-refractivity contribution in [2.75, 3.05) is 18.4 Å². The normalized spacial score (nSPS) is 18.5. The summed E-state index contributed by atoms with van der Waals surface area (Å²) in [7, 11) is 0. The van der Waals surface area contributed by atoms with E-state index in [2.05, 4.69) is 10.6 Å². The van der Waals surface area contributed by atoms with Gasteiger partial charge in [-0.1, -0.05) is 0 Å². The molecular formula is C15H20F3N3O. The number of hydrogen-bond acceptors (Lipinski definition) is 3. The summed E-state index contributed by atoms with van der Waals surface area (Å²) in [6.07, 6.45) is -2.38. The van der Waals surface area contributed by atoms with Crippen molar-refractivity contribution in [2.45, 2.75) is 32.0 Å². The number of carbonyl (C=O) groups is 1. The molecule has 1 fully saturated rings. The average Bonchev–Trinajstić information content (AvgIpc) is 2.97. The molecule has 1 unspecified atom stereocenters. The van der Waals surface area contributed by atoms with Crippen LogP contribution in [0.4, 0.5) is 18.9 Å². The molecule has 4 N–H and O–H groups in total. The number of hydrogen-bond donors (Lipinski definition) is 3. The maximum absolute atomic E-state index is 12.8. The lowest BCUT2D eigenvalue weighted by atomic mass is 10.0. The Labute approximate surface area is 127 Å². The number of halogens is 3. The first-order chi connectivity index (χ1) is 10.4. The van der Waals surface area contributed by atoms with Gasteiger partial charge in [0.1, 0.15) is 0 Å². The molecule has 0 aromatic heterocycles. The van der Waals surface area contributed by atoms with E-state index in [1.165, 1.54) is 6.07 Å². The maximum Gasteiger partial charge on any atom is 0.416 e. The van der Waals surface area contributed by atoms with E-state index in [1.54, 1.807) is 0 Å². The second-order valence-corrected chi connectivity index (χ2v) is 5.57. The molecule has 1 heterocycles. The van der Waals surface area contributed by atoms with Gasteiger partial charge in [0.05, 0.1) is 5.56 Å². The SMILES string of the molecule is NCc1cc(NC(=O)CCC2CCNC2)cc(C(F)(F)F)c1. The van der Waals surface area contributed by atoms with E-state index in [4.69, 9.17) is 5.73 Å². The Hall–Kier alpha value is -1.60. The lowest BCUT2D eigenvalue weighted by Gasteiger charge is -2.13. The van der Waals surface area contributed by atoms with E-state index >= 15 is 0 Å². The zero-order valence-corrected chi connectivity index (χ0v) is 12.2. The molecule has 0 saturated carbocycles. The summed E-state index contributed by atoms with van der Waals surface area (Å²) in [6.45, 7) is 1.84. The van der Waals surface area contributed by atoms with E-state index in [0.717, 1.165) is 38.1 Å². The molecule has 1 aromatic carbocycles. The molecule has 1 aromatic rings. The molecule has 1 saturated heterocycles. The van der Waals surface area contributed by atoms with Crippen LogP contribution in [-0.4, -0.2) is 19.0 Å². The molecule has 4 nitrogen and oxygen atoms in total. The number of carbonyl (C=O) groups excluding carboxylic acids is 1. The fourth-order valence-electron chi connectivity index (χ4n) is 2.57. The first-order valence-corrected chi connectivity index (χ1v) is 7.30. The summed E-state index contributed by atoms with van der Waals surface area (Å²) in [4.78, 5) is 11.9. The standard InChI is InChI=1S/C15H20F3N3O/c16-15(17,18)12-5-11(8-19)6-13(7-12)21-14(22)2-1-10-3-4-20-9-10/h5-7,10,20H,1-4,8-9,19H2,(H,21,22). The van der Waals surface area contributed by atoms with Crippen molar-refractivity contribution in [2.24, 2.45) is 11.7 Å². The van der Waals surface area contributed by atoms with Crippen molar-refractivity contribution in [1.82, 2.24) is 5.32 Å². The molecule has 1 aliphatic rings. The predicted octanol–water partition coefficient (Wildman–Crippen LogP) is 2.49. The van der Waals surface area contributed by atoms with Gasteiger partial charge in [-0.25, -0.2) is 0 Å². The summed E-state index contributed by atoms with van der Waals surface area (Å²) in [5.74, 6) is 0.195. The van der Waals surface area contributed by atoms with Crippen LogP contribution in [0.15, 0.2) is 18.2 Å². The van der Waals surface area contributed by atoms with Gasteiger partial charge in [0.15, 0.2) is 0 Å². The number of nitrogens with one attached hydrogen (secondary N) is 2. The van der Waals surface area contributed by atoms with Gasteiger partial charge in [0.2, 0.25) is 5.91 Å². The molecular weight excluding hydrogens is 295 g/mol. The Bertz CT molecular complexity index is 525. The number of anilines is 1. The minimum Gasteiger partial charge on any atom is -0.326 e. The van der Waals surface area contributed by atoms with Crippen LogP contribution < -0.4 is 16.4 Å². The second kappa shape index (κ2) is 7.11. The number of amides is 1. The molecule has 1 amide bonds. The Kier molecular flexibility index (Phi) is 5.42. The zero-order chi connectivity index (χ0) is 16.2. The largest absolute Gasteiger partial charge is 0.416 e. The zero-order valence-electron chi connectivity index (χ0n) is 12.2. The van der Waals surface area contributed by atoms with Gasteiger partial charge < -0.3 is 16.4 Å². The average molecular weight is 315 g/mol. The van der Waals surface area contributed by atoms with Crippen LogP contribution in [0.2, 0.25) is 0 Å². The first-order valence-electron chi connectivity index (χ1n) is 7.30. The Morgan fingerprint density at radius 1 is 1.36 bits per heavy atom. The van der Waals surface area contributed by atoms with Gasteiger partial charge in [0, 0.05) is 18.7 Å². The third-order valence-corrected chi connectivity index (χ3v) is 3.78. The van der Waals surface area contributed by atoms with Crippen molar-refractivity contribution in [3.8, 4) is 0 Å². The van der Waals surface area contributed by atoms with Crippen LogP contribution in [0.3, 0.4) is 0 Å². The first kappa shape index (κ1) is 16.8. The van der Waals surface area contributed by atoms with Crippen LogP contribution >= 0.6 is 0 Å². The van der Waals surface area contributed by atoms with E-state index in [9.17, 15) is 18.0 Å². The van der Waals surface area contributed by atoms with Crippen molar-refractivity contribution >= 4 is 11.6 Å². The van der Waals surface area contributed by atoms with Crippen molar-refractivity contribution in [1.29, 1.82) is 0 Å². The third kappa shape index (κ3) is 4.71. The van der Waals surface area contributed by atoms with Gasteiger partial charge in [-0.2, -0.15) is 13.2 Å². The van der Waals surface area contributed by atoms with Crippen molar-refractivity contribution in [3.05, 3.63) is 29.3 Å². The molecule has 22 heavy (non-hydrogen) atoms. The van der Waals surface area contributed by atoms with Crippen LogP contribution in [0.5, 0.6) is 0 Å². The highest BCUT2D eigenvalue weighted by molar-refractivity contribution is 5.90. The number of rotatable bonds is 5. The van der Waals surface area contributed by atoms with Crippen LogP contribution in [0, 0.1) is 5.92 Å². The van der Waals surface area contributed by atoms with E-state index in [-0.39, 0.29) is 18.1 Å². The fraction of sp³-hybridized carbons (Fsp3) is 0.533. The lowest BCUT2D eigenvalue weighted by Crippen LogP contribution is -2.16. The molecule has 0 spiro atoms. The molecule has 1 aliphatic heterocycles. The van der Waals surface area contributed by atoms with Gasteiger partial charge in [-0.05, 0) is 55.6 Å².